The molecule has 1 aromatic heterocycles. The number of fused-ring (bicyclic) bond motifs is 1. The number of aromatic nitrogens is 2. The maximum absolute atomic E-state index is 6.27. The molecule has 0 spiro atoms. The highest BCUT2D eigenvalue weighted by atomic mass is 16.5. The third-order valence-corrected chi connectivity index (χ3v) is 4.77. The largest absolute Gasteiger partial charge is 0.490 e. The molecule has 1 aromatic carbocycles. The fraction of sp³-hybridized carbons (Fsp3) is 0.562. The monoisotopic (exact) mass is 273 g/mol. The van der Waals surface area contributed by atoms with Gasteiger partial charge in [0.2, 0.25) is 0 Å². The molecule has 0 bridgehead atoms. The predicted molar refractivity (Wildman–Crippen MR) is 80.9 cm³/mol. The Kier molecular flexibility index (Phi) is 3.21. The number of hydrogen-bond acceptors (Lipinski definition) is 3. The van der Waals surface area contributed by atoms with E-state index in [0.29, 0.717) is 0 Å². The number of nitrogens with zero attached hydrogens (tertiary/aromatic N) is 1. The molecule has 3 rings (SSSR count). The van der Waals surface area contributed by atoms with Crippen LogP contribution in [0.1, 0.15) is 38.7 Å². The van der Waals surface area contributed by atoms with Gasteiger partial charge < -0.3 is 10.5 Å². The van der Waals surface area contributed by atoms with E-state index in [1.54, 1.807) is 0 Å². The molecule has 1 saturated carbocycles. The first-order valence-electron chi connectivity index (χ1n) is 7.32. The average Bonchev–Trinajstić information content (AvgIpc) is 2.87. The molecule has 20 heavy (non-hydrogen) atoms. The van der Waals surface area contributed by atoms with Gasteiger partial charge in [-0.25, -0.2) is 0 Å². The van der Waals surface area contributed by atoms with Gasteiger partial charge in [0.1, 0.15) is 11.9 Å². The van der Waals surface area contributed by atoms with E-state index in [1.807, 2.05) is 18.3 Å². The first-order valence-corrected chi connectivity index (χ1v) is 7.32. The quantitative estimate of drug-likeness (QED) is 0.883. The van der Waals surface area contributed by atoms with Crippen LogP contribution in [0.3, 0.4) is 0 Å². The van der Waals surface area contributed by atoms with Gasteiger partial charge in [-0.1, -0.05) is 13.8 Å². The Morgan fingerprint density at radius 3 is 2.95 bits per heavy atom. The van der Waals surface area contributed by atoms with Crippen LogP contribution < -0.4 is 10.5 Å². The minimum absolute atomic E-state index is 0.208. The Morgan fingerprint density at radius 1 is 1.40 bits per heavy atom. The lowest BCUT2D eigenvalue weighted by Crippen LogP contribution is -2.45. The second-order valence-corrected chi connectivity index (χ2v) is 6.63. The first-order chi connectivity index (χ1) is 9.47. The zero-order chi connectivity index (χ0) is 14.3. The molecule has 0 unspecified atom stereocenters. The van der Waals surface area contributed by atoms with Gasteiger partial charge in [-0.15, -0.1) is 0 Å². The summed E-state index contributed by atoms with van der Waals surface area (Å²) in [6.07, 6.45) is 5.19. The SMILES string of the molecule is Cc1c(O[C@@H]2CCC(C)(C)[C@H](N)C2)ccc2[nH]ncc12. The normalized spacial score (nSPS) is 25.8. The van der Waals surface area contributed by atoms with Crippen LogP contribution in [-0.2, 0) is 0 Å². The highest BCUT2D eigenvalue weighted by Gasteiger charge is 2.35. The average molecular weight is 273 g/mol. The van der Waals surface area contributed by atoms with E-state index in [4.69, 9.17) is 10.5 Å². The number of H-pyrrole nitrogens is 1. The minimum Gasteiger partial charge on any atom is -0.490 e. The van der Waals surface area contributed by atoms with E-state index in [-0.39, 0.29) is 17.6 Å². The van der Waals surface area contributed by atoms with E-state index >= 15 is 0 Å². The van der Waals surface area contributed by atoms with Gasteiger partial charge in [0.05, 0.1) is 11.7 Å². The van der Waals surface area contributed by atoms with Crippen molar-refractivity contribution in [2.75, 3.05) is 0 Å². The molecule has 2 aromatic rings. The van der Waals surface area contributed by atoms with Crippen molar-refractivity contribution in [2.45, 2.75) is 52.2 Å². The van der Waals surface area contributed by atoms with E-state index in [1.165, 1.54) is 0 Å². The third-order valence-electron chi connectivity index (χ3n) is 4.77. The Morgan fingerprint density at radius 2 is 2.20 bits per heavy atom. The molecular weight excluding hydrogens is 250 g/mol. The lowest BCUT2D eigenvalue weighted by molar-refractivity contribution is 0.0792. The summed E-state index contributed by atoms with van der Waals surface area (Å²) in [6.45, 7) is 6.58. The van der Waals surface area contributed by atoms with Gasteiger partial charge in [-0.05, 0) is 43.7 Å². The maximum atomic E-state index is 6.27. The summed E-state index contributed by atoms with van der Waals surface area (Å²) < 4.78 is 6.21. The number of ether oxygens (including phenoxy) is 1. The summed E-state index contributed by atoms with van der Waals surface area (Å²) in [4.78, 5) is 0. The fourth-order valence-corrected chi connectivity index (χ4v) is 2.99. The number of aromatic amines is 1. The van der Waals surface area contributed by atoms with Gasteiger partial charge in [0.15, 0.2) is 0 Å². The van der Waals surface area contributed by atoms with Crippen molar-refractivity contribution in [3.05, 3.63) is 23.9 Å². The first kappa shape index (κ1) is 13.4. The van der Waals surface area contributed by atoms with Crippen molar-refractivity contribution in [3.8, 4) is 5.75 Å². The Balaban J connectivity index is 1.78. The highest BCUT2D eigenvalue weighted by Crippen LogP contribution is 2.37. The molecule has 2 atom stereocenters. The summed E-state index contributed by atoms with van der Waals surface area (Å²) >= 11 is 0. The Hall–Kier alpha value is -1.55. The number of aryl methyl sites for hydroxylation is 1. The van der Waals surface area contributed by atoms with Crippen LogP contribution in [0.4, 0.5) is 0 Å². The maximum Gasteiger partial charge on any atom is 0.123 e. The molecule has 1 heterocycles. The summed E-state index contributed by atoms with van der Waals surface area (Å²) in [7, 11) is 0. The van der Waals surface area contributed by atoms with Gasteiger partial charge in [-0.2, -0.15) is 5.10 Å². The summed E-state index contributed by atoms with van der Waals surface area (Å²) in [5.74, 6) is 0.954. The molecule has 0 amide bonds. The van der Waals surface area contributed by atoms with E-state index < -0.39 is 0 Å². The zero-order valence-corrected chi connectivity index (χ0v) is 12.4. The molecule has 3 N–H and O–H groups in total. The zero-order valence-electron chi connectivity index (χ0n) is 12.4. The third kappa shape index (κ3) is 2.29. The summed E-state index contributed by atoms with van der Waals surface area (Å²) in [6, 6.07) is 4.26. The second-order valence-electron chi connectivity index (χ2n) is 6.63. The van der Waals surface area contributed by atoms with Crippen LogP contribution in [0, 0.1) is 12.3 Å². The second kappa shape index (κ2) is 4.77. The Bertz CT molecular complexity index is 617. The Labute approximate surface area is 119 Å². The topological polar surface area (TPSA) is 63.9 Å². The number of benzene rings is 1. The minimum atomic E-state index is 0.208. The summed E-state index contributed by atoms with van der Waals surface area (Å²) in [5.41, 5.74) is 8.70. The van der Waals surface area contributed by atoms with Crippen LogP contribution in [0.15, 0.2) is 18.3 Å². The molecule has 0 saturated heterocycles. The van der Waals surface area contributed by atoms with E-state index in [9.17, 15) is 0 Å². The van der Waals surface area contributed by atoms with E-state index in [0.717, 1.165) is 41.5 Å². The van der Waals surface area contributed by atoms with Crippen LogP contribution in [0.25, 0.3) is 10.9 Å². The van der Waals surface area contributed by atoms with Crippen molar-refractivity contribution in [1.29, 1.82) is 0 Å². The lowest BCUT2D eigenvalue weighted by atomic mass is 9.73. The van der Waals surface area contributed by atoms with Crippen molar-refractivity contribution < 1.29 is 4.74 Å². The van der Waals surface area contributed by atoms with Gasteiger partial charge in [-0.3, -0.25) is 5.10 Å². The molecule has 4 nitrogen and oxygen atoms in total. The molecule has 1 aliphatic carbocycles. The fourth-order valence-electron chi connectivity index (χ4n) is 2.99. The van der Waals surface area contributed by atoms with Gasteiger partial charge in [0.25, 0.3) is 0 Å². The molecule has 4 heteroatoms. The van der Waals surface area contributed by atoms with Crippen LogP contribution >= 0.6 is 0 Å². The molecule has 0 aliphatic heterocycles. The molecule has 1 aliphatic rings. The number of nitrogens with one attached hydrogen (secondary N) is 1. The van der Waals surface area contributed by atoms with Crippen molar-refractivity contribution in [1.82, 2.24) is 10.2 Å². The number of nitrogens with two attached hydrogens (primary N) is 1. The van der Waals surface area contributed by atoms with Crippen molar-refractivity contribution in [2.24, 2.45) is 11.1 Å². The number of hydrogen-bond donors (Lipinski definition) is 2. The smallest absolute Gasteiger partial charge is 0.123 e. The molecule has 1 fully saturated rings. The lowest BCUT2D eigenvalue weighted by Gasteiger charge is -2.40. The molecule has 108 valence electrons. The summed E-state index contributed by atoms with van der Waals surface area (Å²) in [5, 5.41) is 8.19. The van der Waals surface area contributed by atoms with Crippen molar-refractivity contribution in [3.63, 3.8) is 0 Å². The van der Waals surface area contributed by atoms with Crippen LogP contribution in [-0.4, -0.2) is 22.3 Å². The predicted octanol–water partition coefficient (Wildman–Crippen LogP) is 3.16. The van der Waals surface area contributed by atoms with Crippen LogP contribution in [0.2, 0.25) is 0 Å². The number of rotatable bonds is 2. The highest BCUT2D eigenvalue weighted by molar-refractivity contribution is 5.83. The van der Waals surface area contributed by atoms with Crippen LogP contribution in [0.5, 0.6) is 5.75 Å². The van der Waals surface area contributed by atoms with E-state index in [2.05, 4.69) is 31.0 Å². The molecular formula is C16H23N3O. The van der Waals surface area contributed by atoms with Crippen molar-refractivity contribution >= 4 is 10.9 Å². The van der Waals surface area contributed by atoms with Gasteiger partial charge in [0, 0.05) is 17.0 Å². The molecule has 0 radical (unpaired) electrons. The standard InChI is InChI=1S/C16H23N3O/c1-10-12-9-18-19-13(12)4-5-14(10)20-11-6-7-16(2,3)15(17)8-11/h4-5,9,11,15H,6-8,17H2,1-3H3,(H,18,19)/t11-,15-/m1/s1. The van der Waals surface area contributed by atoms with Gasteiger partial charge >= 0.3 is 0 Å².